The molecule has 19 heavy (non-hydrogen) atoms. The largest absolute Gasteiger partial charge is 0.340 e. The van der Waals surface area contributed by atoms with E-state index in [4.69, 9.17) is 0 Å². The van der Waals surface area contributed by atoms with E-state index >= 15 is 0 Å². The molecule has 0 atom stereocenters. The first-order valence-corrected chi connectivity index (χ1v) is 8.15. The van der Waals surface area contributed by atoms with E-state index in [-0.39, 0.29) is 5.91 Å². The molecule has 0 aromatic carbocycles. The second-order valence-electron chi connectivity index (χ2n) is 4.82. The maximum atomic E-state index is 12.1. The van der Waals surface area contributed by atoms with E-state index in [1.807, 2.05) is 22.9 Å². The maximum absolute atomic E-state index is 12.1. The summed E-state index contributed by atoms with van der Waals surface area (Å²) < 4.78 is 0. The average Bonchev–Trinajstić information content (AvgIpc) is 2.96. The number of aryl methyl sites for hydroxylation is 1. The average molecular weight is 282 g/mol. The molecule has 1 N–H and O–H groups in total. The molecule has 5 nitrogen and oxygen atoms in total. The van der Waals surface area contributed by atoms with E-state index < -0.39 is 0 Å². The third-order valence-corrected chi connectivity index (χ3v) is 4.11. The van der Waals surface area contributed by atoms with Crippen molar-refractivity contribution < 1.29 is 4.79 Å². The number of thioether (sulfide) groups is 1. The van der Waals surface area contributed by atoms with Crippen LogP contribution >= 0.6 is 11.8 Å². The van der Waals surface area contributed by atoms with Gasteiger partial charge in [-0.3, -0.25) is 14.8 Å². The van der Waals surface area contributed by atoms with Crippen molar-refractivity contribution in [3.8, 4) is 0 Å². The zero-order valence-corrected chi connectivity index (χ0v) is 12.3. The second kappa shape index (κ2) is 7.55. The summed E-state index contributed by atoms with van der Waals surface area (Å²) in [6.45, 7) is 4.91. The topological polar surface area (TPSA) is 52.2 Å². The highest BCUT2D eigenvalue weighted by atomic mass is 32.2. The molecule has 1 aliphatic rings. The van der Waals surface area contributed by atoms with Crippen molar-refractivity contribution in [2.24, 2.45) is 0 Å². The van der Waals surface area contributed by atoms with E-state index in [1.54, 1.807) is 6.20 Å². The summed E-state index contributed by atoms with van der Waals surface area (Å²) in [6, 6.07) is 0. The molecule has 0 saturated carbocycles. The SMILES string of the molecule is CSCCN1CCN(C(=O)CCc2cn[nH]c2)CC1. The number of amides is 1. The van der Waals surface area contributed by atoms with Crippen molar-refractivity contribution in [2.45, 2.75) is 12.8 Å². The summed E-state index contributed by atoms with van der Waals surface area (Å²) in [5.74, 6) is 1.44. The Hall–Kier alpha value is -1.01. The molecule has 1 saturated heterocycles. The summed E-state index contributed by atoms with van der Waals surface area (Å²) >= 11 is 1.88. The predicted octanol–water partition coefficient (Wildman–Crippen LogP) is 0.849. The van der Waals surface area contributed by atoms with E-state index in [0.717, 1.165) is 44.7 Å². The Morgan fingerprint density at radius 3 is 2.84 bits per heavy atom. The van der Waals surface area contributed by atoms with Gasteiger partial charge in [0.1, 0.15) is 0 Å². The van der Waals surface area contributed by atoms with Crippen molar-refractivity contribution in [1.29, 1.82) is 0 Å². The van der Waals surface area contributed by atoms with Crippen LogP contribution in [0.15, 0.2) is 12.4 Å². The molecule has 1 aliphatic heterocycles. The summed E-state index contributed by atoms with van der Waals surface area (Å²) in [5.41, 5.74) is 1.10. The van der Waals surface area contributed by atoms with Gasteiger partial charge in [-0.1, -0.05) is 0 Å². The van der Waals surface area contributed by atoms with Gasteiger partial charge in [0.2, 0.25) is 5.91 Å². The van der Waals surface area contributed by atoms with Crippen LogP contribution in [0.1, 0.15) is 12.0 Å². The van der Waals surface area contributed by atoms with Crippen molar-refractivity contribution in [3.05, 3.63) is 18.0 Å². The highest BCUT2D eigenvalue weighted by molar-refractivity contribution is 7.98. The molecule has 0 aliphatic carbocycles. The zero-order valence-electron chi connectivity index (χ0n) is 11.5. The quantitative estimate of drug-likeness (QED) is 0.840. The lowest BCUT2D eigenvalue weighted by molar-refractivity contribution is -0.132. The summed E-state index contributed by atoms with van der Waals surface area (Å²) in [7, 11) is 0. The van der Waals surface area contributed by atoms with E-state index in [9.17, 15) is 4.79 Å². The first kappa shape index (κ1) is 14.4. The molecule has 2 rings (SSSR count). The Balaban J connectivity index is 1.67. The van der Waals surface area contributed by atoms with Gasteiger partial charge < -0.3 is 4.90 Å². The molecular weight excluding hydrogens is 260 g/mol. The van der Waals surface area contributed by atoms with Crippen LogP contribution in [0.4, 0.5) is 0 Å². The fourth-order valence-electron chi connectivity index (χ4n) is 2.26. The van der Waals surface area contributed by atoms with Crippen LogP contribution in [0.25, 0.3) is 0 Å². The van der Waals surface area contributed by atoms with Crippen LogP contribution in [0.2, 0.25) is 0 Å². The molecule has 1 amide bonds. The second-order valence-corrected chi connectivity index (χ2v) is 5.81. The van der Waals surface area contributed by atoms with Crippen molar-refractivity contribution in [1.82, 2.24) is 20.0 Å². The number of carbonyl (C=O) groups is 1. The lowest BCUT2D eigenvalue weighted by atomic mass is 10.2. The minimum Gasteiger partial charge on any atom is -0.340 e. The smallest absolute Gasteiger partial charge is 0.222 e. The monoisotopic (exact) mass is 282 g/mol. The predicted molar refractivity (Wildman–Crippen MR) is 78.3 cm³/mol. The number of aromatic amines is 1. The van der Waals surface area contributed by atoms with Crippen molar-refractivity contribution >= 4 is 17.7 Å². The molecule has 1 aromatic rings. The number of piperazine rings is 1. The van der Waals surface area contributed by atoms with Gasteiger partial charge in [-0.05, 0) is 18.2 Å². The van der Waals surface area contributed by atoms with Gasteiger partial charge in [-0.2, -0.15) is 16.9 Å². The van der Waals surface area contributed by atoms with Crippen molar-refractivity contribution in [2.75, 3.05) is 44.7 Å². The molecule has 106 valence electrons. The summed E-state index contributed by atoms with van der Waals surface area (Å²) in [5, 5.41) is 6.67. The lowest BCUT2D eigenvalue weighted by Crippen LogP contribution is -2.49. The molecule has 0 bridgehead atoms. The Morgan fingerprint density at radius 1 is 1.42 bits per heavy atom. The van der Waals surface area contributed by atoms with Crippen LogP contribution < -0.4 is 0 Å². The third-order valence-electron chi connectivity index (χ3n) is 3.52. The Bertz CT molecular complexity index is 374. The Morgan fingerprint density at radius 2 is 2.21 bits per heavy atom. The summed E-state index contributed by atoms with van der Waals surface area (Å²) in [6.07, 6.45) is 7.14. The van der Waals surface area contributed by atoms with E-state index in [1.165, 1.54) is 5.75 Å². The van der Waals surface area contributed by atoms with Gasteiger partial charge in [-0.25, -0.2) is 0 Å². The van der Waals surface area contributed by atoms with Crippen LogP contribution in [-0.4, -0.2) is 70.6 Å². The number of aromatic nitrogens is 2. The molecule has 1 aromatic heterocycles. The molecule has 0 spiro atoms. The van der Waals surface area contributed by atoms with Crippen LogP contribution in [0.5, 0.6) is 0 Å². The normalized spacial score (nSPS) is 16.8. The number of nitrogens with zero attached hydrogens (tertiary/aromatic N) is 3. The van der Waals surface area contributed by atoms with Crippen LogP contribution in [0.3, 0.4) is 0 Å². The molecule has 0 radical (unpaired) electrons. The molecule has 1 fully saturated rings. The minimum atomic E-state index is 0.269. The minimum absolute atomic E-state index is 0.269. The van der Waals surface area contributed by atoms with Crippen LogP contribution in [0, 0.1) is 0 Å². The standard InChI is InChI=1S/C13H22N4OS/c1-19-9-8-16-4-6-17(7-5-16)13(18)3-2-12-10-14-15-11-12/h10-11H,2-9H2,1H3,(H,14,15). The molecule has 0 unspecified atom stereocenters. The highest BCUT2D eigenvalue weighted by Gasteiger charge is 2.20. The van der Waals surface area contributed by atoms with Gasteiger partial charge in [0, 0.05) is 51.1 Å². The van der Waals surface area contributed by atoms with E-state index in [2.05, 4.69) is 21.4 Å². The zero-order chi connectivity index (χ0) is 13.5. The van der Waals surface area contributed by atoms with Gasteiger partial charge >= 0.3 is 0 Å². The number of nitrogens with one attached hydrogen (secondary N) is 1. The Labute approximate surface area is 118 Å². The summed E-state index contributed by atoms with van der Waals surface area (Å²) in [4.78, 5) is 16.5. The Kier molecular flexibility index (Phi) is 5.72. The van der Waals surface area contributed by atoms with Gasteiger partial charge in [0.25, 0.3) is 0 Å². The van der Waals surface area contributed by atoms with E-state index in [0.29, 0.717) is 6.42 Å². The highest BCUT2D eigenvalue weighted by Crippen LogP contribution is 2.07. The first-order valence-electron chi connectivity index (χ1n) is 6.76. The van der Waals surface area contributed by atoms with Gasteiger partial charge in [0.15, 0.2) is 0 Å². The number of carbonyl (C=O) groups excluding carboxylic acids is 1. The number of rotatable bonds is 6. The molecular formula is C13H22N4OS. The molecule has 6 heteroatoms. The number of H-pyrrole nitrogens is 1. The first-order chi connectivity index (χ1) is 9.29. The van der Waals surface area contributed by atoms with Gasteiger partial charge in [0.05, 0.1) is 6.20 Å². The number of hydrogen-bond donors (Lipinski definition) is 1. The third kappa shape index (κ3) is 4.54. The number of hydrogen-bond acceptors (Lipinski definition) is 4. The van der Waals surface area contributed by atoms with Gasteiger partial charge in [-0.15, -0.1) is 0 Å². The molecule has 2 heterocycles. The van der Waals surface area contributed by atoms with Crippen LogP contribution in [-0.2, 0) is 11.2 Å². The lowest BCUT2D eigenvalue weighted by Gasteiger charge is -2.34. The fraction of sp³-hybridized carbons (Fsp3) is 0.692. The maximum Gasteiger partial charge on any atom is 0.222 e. The fourth-order valence-corrected chi connectivity index (χ4v) is 2.71. The van der Waals surface area contributed by atoms with Crippen molar-refractivity contribution in [3.63, 3.8) is 0 Å².